The number of benzene rings is 3. The van der Waals surface area contributed by atoms with Gasteiger partial charge in [0.25, 0.3) is 0 Å². The van der Waals surface area contributed by atoms with E-state index >= 15 is 0 Å². The summed E-state index contributed by atoms with van der Waals surface area (Å²) in [6.07, 6.45) is 1.02. The Morgan fingerprint density at radius 3 is 2.03 bits per heavy atom. The van der Waals surface area contributed by atoms with E-state index in [1.54, 1.807) is 0 Å². The first-order valence-electron chi connectivity index (χ1n) is 13.2. The lowest BCUT2D eigenvalue weighted by Crippen LogP contribution is -2.35. The van der Waals surface area contributed by atoms with Gasteiger partial charge in [-0.05, 0) is 60.7 Å². The third kappa shape index (κ3) is 4.26. The quantitative estimate of drug-likeness (QED) is 0.251. The molecule has 1 aliphatic rings. The number of carbonyl (C=O) groups excluding carboxylic acids is 2. The Bertz CT molecular complexity index is 1470. The van der Waals surface area contributed by atoms with Gasteiger partial charge in [0.1, 0.15) is 0 Å². The van der Waals surface area contributed by atoms with E-state index in [1.165, 1.54) is 0 Å². The average Bonchev–Trinajstić information content (AvgIpc) is 3.16. The Morgan fingerprint density at radius 2 is 1.38 bits per heavy atom. The van der Waals surface area contributed by atoms with Crippen molar-refractivity contribution in [1.82, 2.24) is 4.98 Å². The minimum atomic E-state index is -0.607. The molecule has 5 rings (SSSR count). The van der Waals surface area contributed by atoms with Crippen molar-refractivity contribution in [3.63, 3.8) is 0 Å². The molecule has 37 heavy (non-hydrogen) atoms. The molecule has 0 amide bonds. The number of aromatic nitrogens is 1. The Labute approximate surface area is 217 Å². The number of esters is 2. The van der Waals surface area contributed by atoms with Crippen molar-refractivity contribution in [3.05, 3.63) is 77.9 Å². The van der Waals surface area contributed by atoms with Gasteiger partial charge < -0.3 is 9.47 Å². The van der Waals surface area contributed by atoms with Crippen molar-refractivity contribution in [3.8, 4) is 11.3 Å². The van der Waals surface area contributed by atoms with Crippen LogP contribution >= 0.6 is 0 Å². The van der Waals surface area contributed by atoms with E-state index in [0.717, 1.165) is 44.1 Å². The molecule has 5 heteroatoms. The maximum absolute atomic E-state index is 12.9. The minimum absolute atomic E-state index is 0.227. The summed E-state index contributed by atoms with van der Waals surface area (Å²) in [5.74, 6) is -1.19. The number of pyridine rings is 1. The van der Waals surface area contributed by atoms with Gasteiger partial charge in [0.05, 0.1) is 36.3 Å². The predicted octanol–water partition coefficient (Wildman–Crippen LogP) is 6.83. The van der Waals surface area contributed by atoms with Crippen molar-refractivity contribution in [2.45, 2.75) is 46.0 Å². The highest BCUT2D eigenvalue weighted by molar-refractivity contribution is 6.03. The fourth-order valence-corrected chi connectivity index (χ4v) is 6.05. The molecule has 0 saturated carbocycles. The van der Waals surface area contributed by atoms with Gasteiger partial charge in [-0.25, -0.2) is 4.98 Å². The lowest BCUT2D eigenvalue weighted by atomic mass is 9.67. The predicted molar refractivity (Wildman–Crippen MR) is 146 cm³/mol. The van der Waals surface area contributed by atoms with E-state index in [0.29, 0.717) is 26.1 Å². The molecule has 0 bridgehead atoms. The Morgan fingerprint density at radius 1 is 0.784 bits per heavy atom. The van der Waals surface area contributed by atoms with E-state index in [4.69, 9.17) is 14.5 Å². The number of nitrogens with zero attached hydrogens (tertiary/aromatic N) is 1. The topological polar surface area (TPSA) is 65.5 Å². The van der Waals surface area contributed by atoms with E-state index < -0.39 is 5.41 Å². The average molecular weight is 496 g/mol. The molecule has 5 nitrogen and oxygen atoms in total. The maximum atomic E-state index is 12.9. The number of fused-ring (bicyclic) bond motifs is 6. The normalized spacial score (nSPS) is 17.7. The van der Waals surface area contributed by atoms with Gasteiger partial charge in [0.2, 0.25) is 0 Å². The zero-order valence-corrected chi connectivity index (χ0v) is 21.9. The van der Waals surface area contributed by atoms with E-state index in [2.05, 4.69) is 36.4 Å². The lowest BCUT2D eigenvalue weighted by Gasteiger charge is -2.36. The smallest absolute Gasteiger partial charge is 0.308 e. The Balaban J connectivity index is 1.80. The number of ether oxygens (including phenoxy) is 2. The molecule has 0 saturated heterocycles. The van der Waals surface area contributed by atoms with Crippen LogP contribution in [-0.4, -0.2) is 30.1 Å². The minimum Gasteiger partial charge on any atom is -0.466 e. The lowest BCUT2D eigenvalue weighted by molar-refractivity contribution is -0.148. The molecule has 0 radical (unpaired) electrons. The second-order valence-corrected chi connectivity index (χ2v) is 10.1. The monoisotopic (exact) mass is 495 g/mol. The van der Waals surface area contributed by atoms with Crippen LogP contribution in [0.4, 0.5) is 0 Å². The standard InChI is InChI=1S/C32H33NO4/c1-5-36-30(34)20(3)18-32(19-21(4)31(35)37-6-2)25-16-15-22-11-7-9-13-24(22)28(25)29-26(32)17-23-12-8-10-14-27(23)33-29/h7-17,20-21H,5-6,18-19H2,1-4H3. The van der Waals surface area contributed by atoms with Crippen molar-refractivity contribution in [2.24, 2.45) is 11.8 Å². The molecule has 1 heterocycles. The van der Waals surface area contributed by atoms with Crippen molar-refractivity contribution in [1.29, 1.82) is 0 Å². The van der Waals surface area contributed by atoms with Gasteiger partial charge in [-0.15, -0.1) is 0 Å². The summed E-state index contributed by atoms with van der Waals surface area (Å²) in [6, 6.07) is 23.0. The summed E-state index contributed by atoms with van der Waals surface area (Å²) in [4.78, 5) is 31.0. The third-order valence-electron chi connectivity index (χ3n) is 7.61. The van der Waals surface area contributed by atoms with Crippen LogP contribution in [-0.2, 0) is 24.5 Å². The van der Waals surface area contributed by atoms with Crippen LogP contribution in [0.5, 0.6) is 0 Å². The molecule has 0 fully saturated rings. The highest BCUT2D eigenvalue weighted by Gasteiger charge is 2.48. The summed E-state index contributed by atoms with van der Waals surface area (Å²) < 4.78 is 10.8. The fourth-order valence-electron chi connectivity index (χ4n) is 6.05. The molecule has 3 aromatic carbocycles. The van der Waals surface area contributed by atoms with Gasteiger partial charge in [-0.3, -0.25) is 9.59 Å². The van der Waals surface area contributed by atoms with Crippen LogP contribution in [0.3, 0.4) is 0 Å². The Kier molecular flexibility index (Phi) is 6.72. The van der Waals surface area contributed by atoms with E-state index in [1.807, 2.05) is 58.0 Å². The summed E-state index contributed by atoms with van der Waals surface area (Å²) in [6.45, 7) is 8.15. The number of carbonyl (C=O) groups is 2. The highest BCUT2D eigenvalue weighted by Crippen LogP contribution is 2.56. The van der Waals surface area contributed by atoms with Crippen LogP contribution in [0.25, 0.3) is 32.9 Å². The summed E-state index contributed by atoms with van der Waals surface area (Å²) >= 11 is 0. The second-order valence-electron chi connectivity index (χ2n) is 10.1. The summed E-state index contributed by atoms with van der Waals surface area (Å²) in [5, 5.41) is 3.30. The summed E-state index contributed by atoms with van der Waals surface area (Å²) in [7, 11) is 0. The fraction of sp³-hybridized carbons (Fsp3) is 0.344. The highest BCUT2D eigenvalue weighted by atomic mass is 16.5. The molecule has 1 aliphatic carbocycles. The molecular weight excluding hydrogens is 462 g/mol. The first-order chi connectivity index (χ1) is 17.9. The molecular formula is C32H33NO4. The summed E-state index contributed by atoms with van der Waals surface area (Å²) in [5.41, 5.74) is 4.50. The Hall–Kier alpha value is -3.73. The molecule has 2 unspecified atom stereocenters. The van der Waals surface area contributed by atoms with Crippen LogP contribution in [0, 0.1) is 11.8 Å². The molecule has 0 N–H and O–H groups in total. The zero-order valence-electron chi connectivity index (χ0n) is 21.9. The SMILES string of the molecule is CCOC(=O)C(C)CC1(CC(C)C(=O)OCC)c2cc3ccccc3nc2-c2c1ccc1ccccc21. The molecule has 190 valence electrons. The third-order valence-corrected chi connectivity index (χ3v) is 7.61. The largest absolute Gasteiger partial charge is 0.466 e. The first kappa shape index (κ1) is 24.9. The van der Waals surface area contributed by atoms with Gasteiger partial charge >= 0.3 is 11.9 Å². The van der Waals surface area contributed by atoms with Gasteiger partial charge in [0.15, 0.2) is 0 Å². The molecule has 0 aliphatic heterocycles. The van der Waals surface area contributed by atoms with Gasteiger partial charge in [0, 0.05) is 16.4 Å². The van der Waals surface area contributed by atoms with Gasteiger partial charge in [-0.1, -0.05) is 68.4 Å². The van der Waals surface area contributed by atoms with Crippen LogP contribution in [0.2, 0.25) is 0 Å². The second kappa shape index (κ2) is 9.97. The number of para-hydroxylation sites is 1. The van der Waals surface area contributed by atoms with Crippen LogP contribution in [0.1, 0.15) is 51.7 Å². The number of hydrogen-bond acceptors (Lipinski definition) is 5. The first-order valence-corrected chi connectivity index (χ1v) is 13.2. The van der Waals surface area contributed by atoms with E-state index in [-0.39, 0.29) is 23.8 Å². The van der Waals surface area contributed by atoms with E-state index in [9.17, 15) is 9.59 Å². The molecule has 1 aromatic heterocycles. The van der Waals surface area contributed by atoms with Crippen LogP contribution in [0.15, 0.2) is 66.7 Å². The van der Waals surface area contributed by atoms with Gasteiger partial charge in [-0.2, -0.15) is 0 Å². The molecule has 4 aromatic rings. The van der Waals surface area contributed by atoms with Crippen LogP contribution < -0.4 is 0 Å². The zero-order chi connectivity index (χ0) is 26.2. The number of rotatable bonds is 8. The number of hydrogen-bond donors (Lipinski definition) is 0. The molecule has 2 atom stereocenters. The molecule has 0 spiro atoms. The van der Waals surface area contributed by atoms with Crippen molar-refractivity contribution >= 4 is 33.6 Å². The van der Waals surface area contributed by atoms with Crippen molar-refractivity contribution < 1.29 is 19.1 Å². The van der Waals surface area contributed by atoms with Crippen molar-refractivity contribution in [2.75, 3.05) is 13.2 Å². The maximum Gasteiger partial charge on any atom is 0.308 e.